The summed E-state index contributed by atoms with van der Waals surface area (Å²) in [6.07, 6.45) is 4.15. The highest BCUT2D eigenvalue weighted by molar-refractivity contribution is 7.89. The first-order valence-electron chi connectivity index (χ1n) is 5.84. The van der Waals surface area contributed by atoms with Gasteiger partial charge < -0.3 is 4.98 Å². The third-order valence-corrected chi connectivity index (χ3v) is 5.30. The highest BCUT2D eigenvalue weighted by atomic mass is 35.5. The fourth-order valence-corrected chi connectivity index (χ4v) is 4.34. The Labute approximate surface area is 107 Å². The van der Waals surface area contributed by atoms with Gasteiger partial charge in [-0.05, 0) is 31.4 Å². The Morgan fingerprint density at radius 3 is 3.00 bits per heavy atom. The smallest absolute Gasteiger partial charge is 0.214 e. The van der Waals surface area contributed by atoms with Gasteiger partial charge in [0.25, 0.3) is 0 Å². The van der Waals surface area contributed by atoms with E-state index in [1.165, 1.54) is 0 Å². The van der Waals surface area contributed by atoms with Gasteiger partial charge in [-0.25, -0.2) is 8.42 Å². The molecule has 1 aromatic heterocycles. The molecule has 2 heterocycles. The maximum Gasteiger partial charge on any atom is 0.214 e. The lowest BCUT2D eigenvalue weighted by molar-refractivity contribution is 0.391. The minimum atomic E-state index is -3.17. The van der Waals surface area contributed by atoms with Gasteiger partial charge in [-0.15, -0.1) is 11.6 Å². The van der Waals surface area contributed by atoms with E-state index in [-0.39, 0.29) is 11.8 Å². The number of aromatic nitrogens is 1. The lowest BCUT2D eigenvalue weighted by Gasteiger charge is -2.23. The molecule has 1 saturated heterocycles. The molecule has 0 saturated carbocycles. The predicted octanol–water partition coefficient (Wildman–Crippen LogP) is 2.11. The van der Waals surface area contributed by atoms with Gasteiger partial charge >= 0.3 is 0 Å². The summed E-state index contributed by atoms with van der Waals surface area (Å²) >= 11 is 5.56. The van der Waals surface area contributed by atoms with Gasteiger partial charge in [-0.1, -0.05) is 0 Å². The summed E-state index contributed by atoms with van der Waals surface area (Å²) in [6.45, 7) is 0.619. The van der Waals surface area contributed by atoms with Gasteiger partial charge in [0.2, 0.25) is 10.0 Å². The van der Waals surface area contributed by atoms with Crippen molar-refractivity contribution in [1.82, 2.24) is 9.29 Å². The molecule has 1 unspecified atom stereocenters. The summed E-state index contributed by atoms with van der Waals surface area (Å²) in [6, 6.07) is 3.82. The van der Waals surface area contributed by atoms with Crippen LogP contribution in [0.3, 0.4) is 0 Å². The van der Waals surface area contributed by atoms with Crippen molar-refractivity contribution in [3.05, 3.63) is 24.0 Å². The molecular weight excluding hydrogens is 260 g/mol. The molecule has 1 fully saturated rings. The first kappa shape index (κ1) is 12.9. The number of alkyl halides is 1. The van der Waals surface area contributed by atoms with E-state index in [0.29, 0.717) is 18.8 Å². The zero-order valence-corrected chi connectivity index (χ0v) is 11.2. The van der Waals surface area contributed by atoms with Gasteiger partial charge in [0.05, 0.1) is 11.8 Å². The quantitative estimate of drug-likeness (QED) is 0.838. The van der Waals surface area contributed by atoms with E-state index in [0.717, 1.165) is 18.5 Å². The Balaban J connectivity index is 2.14. The molecular formula is C11H17ClN2O2S. The number of sulfonamides is 1. The first-order valence-corrected chi connectivity index (χ1v) is 7.98. The molecule has 1 aromatic rings. The minimum absolute atomic E-state index is 0.0228. The number of rotatable bonds is 5. The molecule has 0 radical (unpaired) electrons. The Kier molecular flexibility index (Phi) is 4.12. The lowest BCUT2D eigenvalue weighted by atomic mass is 10.2. The van der Waals surface area contributed by atoms with E-state index >= 15 is 0 Å². The lowest BCUT2D eigenvalue weighted by Crippen LogP contribution is -2.32. The summed E-state index contributed by atoms with van der Waals surface area (Å²) in [4.78, 5) is 3.11. The number of H-pyrrole nitrogens is 1. The van der Waals surface area contributed by atoms with Crippen molar-refractivity contribution < 1.29 is 8.42 Å². The maximum atomic E-state index is 12.2. The predicted molar refractivity (Wildman–Crippen MR) is 68.6 cm³/mol. The Morgan fingerprint density at radius 2 is 2.35 bits per heavy atom. The maximum absolute atomic E-state index is 12.2. The number of nitrogens with one attached hydrogen (secondary N) is 1. The first-order chi connectivity index (χ1) is 8.15. The molecule has 0 bridgehead atoms. The monoisotopic (exact) mass is 276 g/mol. The van der Waals surface area contributed by atoms with Crippen molar-refractivity contribution in [3.63, 3.8) is 0 Å². The molecule has 96 valence electrons. The molecule has 2 rings (SSSR count). The van der Waals surface area contributed by atoms with Crippen molar-refractivity contribution in [1.29, 1.82) is 0 Å². The summed E-state index contributed by atoms with van der Waals surface area (Å²) in [5.41, 5.74) is 0.983. The average Bonchev–Trinajstić information content (AvgIpc) is 2.95. The Morgan fingerprint density at radius 1 is 1.53 bits per heavy atom. The molecule has 0 spiro atoms. The molecule has 1 atom stereocenters. The summed E-state index contributed by atoms with van der Waals surface area (Å²) in [5.74, 6) is 0.536. The van der Waals surface area contributed by atoms with Crippen LogP contribution >= 0.6 is 11.6 Å². The normalized spacial score (nSPS) is 22.1. The molecule has 6 heteroatoms. The highest BCUT2D eigenvalue weighted by Crippen LogP contribution is 2.33. The molecule has 4 nitrogen and oxygen atoms in total. The third kappa shape index (κ3) is 2.84. The Bertz CT molecular complexity index is 444. The second-order valence-corrected chi connectivity index (χ2v) is 6.67. The van der Waals surface area contributed by atoms with Crippen LogP contribution in [0.25, 0.3) is 0 Å². The summed E-state index contributed by atoms with van der Waals surface area (Å²) in [7, 11) is -3.17. The van der Waals surface area contributed by atoms with Crippen molar-refractivity contribution >= 4 is 21.6 Å². The summed E-state index contributed by atoms with van der Waals surface area (Å²) in [5, 5.41) is 0. The SMILES string of the molecule is O=S(=O)(CCCCl)N1CCCC1c1ccc[nH]1. The van der Waals surface area contributed by atoms with Crippen LogP contribution in [0.15, 0.2) is 18.3 Å². The fourth-order valence-electron chi connectivity index (χ4n) is 2.29. The zero-order valence-electron chi connectivity index (χ0n) is 9.60. The van der Waals surface area contributed by atoms with Crippen molar-refractivity contribution in [2.75, 3.05) is 18.2 Å². The van der Waals surface area contributed by atoms with Crippen LogP contribution in [0.4, 0.5) is 0 Å². The third-order valence-electron chi connectivity index (χ3n) is 3.08. The number of nitrogens with zero attached hydrogens (tertiary/aromatic N) is 1. The van der Waals surface area contributed by atoms with E-state index in [1.54, 1.807) is 4.31 Å². The number of halogens is 1. The van der Waals surface area contributed by atoms with E-state index in [4.69, 9.17) is 11.6 Å². The van der Waals surface area contributed by atoms with E-state index in [1.807, 2.05) is 18.3 Å². The molecule has 0 amide bonds. The summed E-state index contributed by atoms with van der Waals surface area (Å²) < 4.78 is 25.9. The molecule has 1 aliphatic heterocycles. The van der Waals surface area contributed by atoms with E-state index in [9.17, 15) is 8.42 Å². The van der Waals surface area contributed by atoms with Crippen LogP contribution < -0.4 is 0 Å². The number of hydrogen-bond acceptors (Lipinski definition) is 2. The standard InChI is InChI=1S/C11H17ClN2O2S/c12-6-3-9-17(15,16)14-8-2-5-11(14)10-4-1-7-13-10/h1,4,7,11,13H,2-3,5-6,8-9H2. The largest absolute Gasteiger partial charge is 0.364 e. The second kappa shape index (κ2) is 5.42. The van der Waals surface area contributed by atoms with Gasteiger partial charge in [0.1, 0.15) is 0 Å². The molecule has 17 heavy (non-hydrogen) atoms. The molecule has 1 N–H and O–H groups in total. The van der Waals surface area contributed by atoms with Crippen molar-refractivity contribution in [2.45, 2.75) is 25.3 Å². The molecule has 0 aliphatic carbocycles. The van der Waals surface area contributed by atoms with E-state index < -0.39 is 10.0 Å². The average molecular weight is 277 g/mol. The van der Waals surface area contributed by atoms with Crippen LogP contribution in [-0.2, 0) is 10.0 Å². The Hall–Kier alpha value is -0.520. The second-order valence-electron chi connectivity index (χ2n) is 4.25. The minimum Gasteiger partial charge on any atom is -0.364 e. The van der Waals surface area contributed by atoms with Crippen LogP contribution in [0, 0.1) is 0 Å². The highest BCUT2D eigenvalue weighted by Gasteiger charge is 2.34. The van der Waals surface area contributed by atoms with Gasteiger partial charge in [-0.2, -0.15) is 4.31 Å². The number of hydrogen-bond donors (Lipinski definition) is 1. The fraction of sp³-hybridized carbons (Fsp3) is 0.636. The van der Waals surface area contributed by atoms with Crippen LogP contribution in [0.1, 0.15) is 31.0 Å². The van der Waals surface area contributed by atoms with Crippen molar-refractivity contribution in [2.24, 2.45) is 0 Å². The van der Waals surface area contributed by atoms with Crippen LogP contribution in [0.5, 0.6) is 0 Å². The van der Waals surface area contributed by atoms with Gasteiger partial charge in [0, 0.05) is 24.3 Å². The van der Waals surface area contributed by atoms with Crippen LogP contribution in [-0.4, -0.2) is 35.9 Å². The van der Waals surface area contributed by atoms with Crippen LogP contribution in [0.2, 0.25) is 0 Å². The van der Waals surface area contributed by atoms with E-state index in [2.05, 4.69) is 4.98 Å². The molecule has 1 aliphatic rings. The van der Waals surface area contributed by atoms with Gasteiger partial charge in [-0.3, -0.25) is 0 Å². The molecule has 0 aromatic carbocycles. The zero-order chi connectivity index (χ0) is 12.3. The topological polar surface area (TPSA) is 53.2 Å². The number of aromatic amines is 1. The van der Waals surface area contributed by atoms with Gasteiger partial charge in [0.15, 0.2) is 0 Å². The van der Waals surface area contributed by atoms with Crippen molar-refractivity contribution in [3.8, 4) is 0 Å².